The first kappa shape index (κ1) is 16.7. The van der Waals surface area contributed by atoms with Gasteiger partial charge in [-0.25, -0.2) is 0 Å². The molecule has 116 valence electrons. The molecule has 0 atom stereocenters. The van der Waals surface area contributed by atoms with E-state index in [9.17, 15) is 9.90 Å². The zero-order valence-corrected chi connectivity index (χ0v) is 14.7. The number of carbonyl (C=O) groups is 1. The van der Waals surface area contributed by atoms with Crippen LogP contribution in [0.5, 0.6) is 17.2 Å². The summed E-state index contributed by atoms with van der Waals surface area (Å²) in [6.45, 7) is 0. The second kappa shape index (κ2) is 7.06. The fourth-order valence-electron chi connectivity index (χ4n) is 1.83. The highest BCUT2D eigenvalue weighted by Gasteiger charge is 2.16. The Balaban J connectivity index is 2.35. The molecule has 0 radical (unpaired) electrons. The van der Waals surface area contributed by atoms with Crippen molar-refractivity contribution >= 4 is 45.8 Å². The molecule has 0 unspecified atom stereocenters. The van der Waals surface area contributed by atoms with Gasteiger partial charge in [-0.1, -0.05) is 11.6 Å². The van der Waals surface area contributed by atoms with Gasteiger partial charge in [0, 0.05) is 8.59 Å². The van der Waals surface area contributed by atoms with Crippen molar-refractivity contribution in [3.05, 3.63) is 44.5 Å². The molecule has 0 aliphatic heterocycles. The van der Waals surface area contributed by atoms with Gasteiger partial charge in [0.15, 0.2) is 11.5 Å². The summed E-state index contributed by atoms with van der Waals surface area (Å²) in [7, 11) is 3.02. The normalized spacial score (nSPS) is 10.2. The number of nitrogens with one attached hydrogen (secondary N) is 1. The molecule has 0 aliphatic carbocycles. The third-order valence-electron chi connectivity index (χ3n) is 2.92. The van der Waals surface area contributed by atoms with Gasteiger partial charge in [0.05, 0.1) is 25.5 Å². The van der Waals surface area contributed by atoms with Crippen LogP contribution in [0, 0.1) is 3.57 Å². The molecule has 2 aromatic rings. The number of anilines is 1. The van der Waals surface area contributed by atoms with Crippen molar-refractivity contribution in [2.75, 3.05) is 19.5 Å². The van der Waals surface area contributed by atoms with Crippen LogP contribution in [0.4, 0.5) is 5.69 Å². The van der Waals surface area contributed by atoms with E-state index in [2.05, 4.69) is 5.32 Å². The molecule has 5 nitrogen and oxygen atoms in total. The molecule has 0 bridgehead atoms. The largest absolute Gasteiger partial charge is 0.506 e. The molecule has 22 heavy (non-hydrogen) atoms. The van der Waals surface area contributed by atoms with E-state index in [4.69, 9.17) is 21.1 Å². The lowest BCUT2D eigenvalue weighted by Gasteiger charge is -2.13. The van der Waals surface area contributed by atoms with E-state index in [1.165, 1.54) is 32.4 Å². The number of amides is 1. The van der Waals surface area contributed by atoms with Crippen LogP contribution < -0.4 is 14.8 Å². The first-order valence-electron chi connectivity index (χ1n) is 6.17. The van der Waals surface area contributed by atoms with Crippen molar-refractivity contribution in [3.8, 4) is 17.2 Å². The van der Waals surface area contributed by atoms with Crippen LogP contribution in [-0.2, 0) is 0 Å². The number of halogens is 2. The summed E-state index contributed by atoms with van der Waals surface area (Å²) in [4.78, 5) is 12.4. The number of hydrogen-bond acceptors (Lipinski definition) is 4. The molecule has 0 aromatic heterocycles. The molecule has 0 spiro atoms. The quantitative estimate of drug-likeness (QED) is 0.566. The molecular formula is C15H13ClINO4. The summed E-state index contributed by atoms with van der Waals surface area (Å²) in [5, 5.41) is 12.8. The lowest BCUT2D eigenvalue weighted by atomic mass is 10.1. The zero-order chi connectivity index (χ0) is 16.3. The average molecular weight is 434 g/mol. The number of hydrogen-bond donors (Lipinski definition) is 2. The van der Waals surface area contributed by atoms with Crippen LogP contribution in [-0.4, -0.2) is 25.2 Å². The van der Waals surface area contributed by atoms with Gasteiger partial charge in [-0.3, -0.25) is 4.79 Å². The van der Waals surface area contributed by atoms with E-state index >= 15 is 0 Å². The van der Waals surface area contributed by atoms with Crippen LogP contribution in [0.2, 0.25) is 5.02 Å². The Kier molecular flexibility index (Phi) is 5.36. The highest BCUT2D eigenvalue weighted by atomic mass is 127. The van der Waals surface area contributed by atoms with Crippen molar-refractivity contribution in [3.63, 3.8) is 0 Å². The van der Waals surface area contributed by atoms with Crippen LogP contribution in [0.25, 0.3) is 0 Å². The van der Waals surface area contributed by atoms with Gasteiger partial charge in [0.25, 0.3) is 5.91 Å². The number of rotatable bonds is 4. The molecule has 2 N–H and O–H groups in total. The molecule has 0 aliphatic rings. The lowest BCUT2D eigenvalue weighted by molar-refractivity contribution is 0.102. The summed E-state index contributed by atoms with van der Waals surface area (Å²) in [5.41, 5.74) is 0.640. The molecular weight excluding hydrogens is 421 g/mol. The maximum Gasteiger partial charge on any atom is 0.256 e. The maximum absolute atomic E-state index is 12.4. The number of phenolic OH excluding ortho intramolecular Hbond substituents is 1. The molecule has 0 saturated carbocycles. The van der Waals surface area contributed by atoms with E-state index in [0.29, 0.717) is 25.7 Å². The second-order valence-electron chi connectivity index (χ2n) is 4.30. The topological polar surface area (TPSA) is 67.8 Å². The van der Waals surface area contributed by atoms with Crippen molar-refractivity contribution in [2.24, 2.45) is 0 Å². The van der Waals surface area contributed by atoms with E-state index in [1.54, 1.807) is 12.1 Å². The van der Waals surface area contributed by atoms with E-state index in [0.717, 1.165) is 0 Å². The summed E-state index contributed by atoms with van der Waals surface area (Å²) in [6.07, 6.45) is 0. The first-order chi connectivity index (χ1) is 10.5. The minimum Gasteiger partial charge on any atom is -0.506 e. The predicted octanol–water partition coefficient (Wildman–Crippen LogP) is 3.92. The van der Waals surface area contributed by atoms with Crippen LogP contribution in [0.1, 0.15) is 10.4 Å². The van der Waals surface area contributed by atoms with Crippen LogP contribution >= 0.6 is 34.2 Å². The minimum absolute atomic E-state index is 0.0618. The van der Waals surface area contributed by atoms with Gasteiger partial charge < -0.3 is 19.9 Å². The van der Waals surface area contributed by atoms with Gasteiger partial charge in [0.2, 0.25) is 0 Å². The fraction of sp³-hybridized carbons (Fsp3) is 0.133. The Bertz CT molecular complexity index is 721. The Labute approximate surface area is 146 Å². The van der Waals surface area contributed by atoms with Crippen molar-refractivity contribution < 1.29 is 19.4 Å². The third kappa shape index (κ3) is 3.56. The molecule has 2 rings (SSSR count). The monoisotopic (exact) mass is 433 g/mol. The Morgan fingerprint density at radius 2 is 1.82 bits per heavy atom. The molecule has 0 heterocycles. The standard InChI is InChI=1S/C15H13ClINO4/c1-21-13-6-9(10(17)7-14(13)22-2)15(20)18-11-5-8(16)3-4-12(11)19/h3-7,19H,1-2H3,(H,18,20). The molecule has 1 amide bonds. The number of aromatic hydroxyl groups is 1. The summed E-state index contributed by atoms with van der Waals surface area (Å²) >= 11 is 7.90. The molecule has 0 fully saturated rings. The Morgan fingerprint density at radius 1 is 1.18 bits per heavy atom. The third-order valence-corrected chi connectivity index (χ3v) is 4.05. The summed E-state index contributed by atoms with van der Waals surface area (Å²) < 4.78 is 11.1. The van der Waals surface area contributed by atoms with Crippen molar-refractivity contribution in [2.45, 2.75) is 0 Å². The SMILES string of the molecule is COc1cc(I)c(C(=O)Nc2cc(Cl)ccc2O)cc1OC. The van der Waals surface area contributed by atoms with Crippen molar-refractivity contribution in [1.82, 2.24) is 0 Å². The van der Waals surface area contributed by atoms with Crippen LogP contribution in [0.3, 0.4) is 0 Å². The highest BCUT2D eigenvalue weighted by Crippen LogP contribution is 2.32. The Morgan fingerprint density at radius 3 is 2.45 bits per heavy atom. The van der Waals surface area contributed by atoms with E-state index in [1.807, 2.05) is 22.6 Å². The van der Waals surface area contributed by atoms with Crippen LogP contribution in [0.15, 0.2) is 30.3 Å². The lowest BCUT2D eigenvalue weighted by Crippen LogP contribution is -2.14. The minimum atomic E-state index is -0.386. The fourth-order valence-corrected chi connectivity index (χ4v) is 2.68. The van der Waals surface area contributed by atoms with E-state index in [-0.39, 0.29) is 17.3 Å². The average Bonchev–Trinajstić information content (AvgIpc) is 2.50. The van der Waals surface area contributed by atoms with Crippen molar-refractivity contribution in [1.29, 1.82) is 0 Å². The highest BCUT2D eigenvalue weighted by molar-refractivity contribution is 14.1. The zero-order valence-electron chi connectivity index (χ0n) is 11.8. The summed E-state index contributed by atoms with van der Waals surface area (Å²) in [6, 6.07) is 7.70. The number of benzene rings is 2. The molecule has 0 saturated heterocycles. The number of methoxy groups -OCH3 is 2. The maximum atomic E-state index is 12.4. The summed E-state index contributed by atoms with van der Waals surface area (Å²) in [5.74, 6) is 0.536. The van der Waals surface area contributed by atoms with Gasteiger partial charge in [-0.05, 0) is 52.9 Å². The number of phenols is 1. The number of carbonyl (C=O) groups excluding carboxylic acids is 1. The van der Waals surface area contributed by atoms with Gasteiger partial charge in [0.1, 0.15) is 5.75 Å². The second-order valence-corrected chi connectivity index (χ2v) is 5.90. The van der Waals surface area contributed by atoms with E-state index < -0.39 is 0 Å². The van der Waals surface area contributed by atoms with Gasteiger partial charge in [-0.15, -0.1) is 0 Å². The molecule has 2 aromatic carbocycles. The molecule has 7 heteroatoms. The predicted molar refractivity (Wildman–Crippen MR) is 93.3 cm³/mol. The Hall–Kier alpha value is -1.67. The smallest absolute Gasteiger partial charge is 0.256 e. The van der Waals surface area contributed by atoms with Gasteiger partial charge in [-0.2, -0.15) is 0 Å². The number of ether oxygens (including phenoxy) is 2. The van der Waals surface area contributed by atoms with Gasteiger partial charge >= 0.3 is 0 Å². The first-order valence-corrected chi connectivity index (χ1v) is 7.63.